The smallest absolute Gasteiger partial charge is 0.266 e. The molecular formula is C19H13F3N4O2S. The van der Waals surface area contributed by atoms with Gasteiger partial charge in [0.05, 0.1) is 17.9 Å². The first-order valence-corrected chi connectivity index (χ1v) is 9.85. The molecule has 1 aliphatic heterocycles. The molecule has 6 nitrogen and oxygen atoms in total. The number of rotatable bonds is 3. The predicted molar refractivity (Wildman–Crippen MR) is 101 cm³/mol. The molecule has 2 heterocycles. The van der Waals surface area contributed by atoms with Gasteiger partial charge in [-0.15, -0.1) is 0 Å². The number of halogens is 3. The van der Waals surface area contributed by atoms with E-state index >= 15 is 0 Å². The summed E-state index contributed by atoms with van der Waals surface area (Å²) in [5, 5.41) is 2.78. The van der Waals surface area contributed by atoms with Crippen LogP contribution in [0.25, 0.3) is 11.1 Å². The molecule has 0 atom stereocenters. The Morgan fingerprint density at radius 3 is 2.59 bits per heavy atom. The van der Waals surface area contributed by atoms with Gasteiger partial charge in [0.25, 0.3) is 10.0 Å². The summed E-state index contributed by atoms with van der Waals surface area (Å²) >= 11 is 0. The van der Waals surface area contributed by atoms with E-state index in [1.54, 1.807) is 24.4 Å². The molecule has 3 aromatic rings. The molecule has 2 N–H and O–H groups in total. The number of nitrogens with one attached hydrogen (secondary N) is 2. The van der Waals surface area contributed by atoms with E-state index in [4.69, 9.17) is 0 Å². The van der Waals surface area contributed by atoms with Gasteiger partial charge in [-0.05, 0) is 24.3 Å². The molecule has 1 aliphatic rings. The Bertz CT molecular complexity index is 1230. The molecule has 0 saturated carbocycles. The topological polar surface area (TPSA) is 83.5 Å². The van der Waals surface area contributed by atoms with Crippen LogP contribution in [0.4, 0.5) is 18.9 Å². The minimum atomic E-state index is -4.03. The van der Waals surface area contributed by atoms with Gasteiger partial charge in [-0.2, -0.15) is 0 Å². The summed E-state index contributed by atoms with van der Waals surface area (Å²) in [5.74, 6) is -3.77. The van der Waals surface area contributed by atoms with Crippen molar-refractivity contribution < 1.29 is 21.6 Å². The minimum Gasteiger partial charge on any atom is -0.324 e. The molecule has 2 aromatic carbocycles. The van der Waals surface area contributed by atoms with Crippen LogP contribution in [0.5, 0.6) is 0 Å². The minimum absolute atomic E-state index is 0.0194. The van der Waals surface area contributed by atoms with Gasteiger partial charge < -0.3 is 5.32 Å². The van der Waals surface area contributed by atoms with Crippen LogP contribution >= 0.6 is 0 Å². The maximum absolute atomic E-state index is 14.3. The van der Waals surface area contributed by atoms with E-state index in [0.29, 0.717) is 11.8 Å². The van der Waals surface area contributed by atoms with E-state index < -0.39 is 33.0 Å². The highest BCUT2D eigenvalue weighted by atomic mass is 32.2. The summed E-state index contributed by atoms with van der Waals surface area (Å²) < 4.78 is 69.2. The van der Waals surface area contributed by atoms with Gasteiger partial charge >= 0.3 is 0 Å². The summed E-state index contributed by atoms with van der Waals surface area (Å²) in [4.78, 5) is 8.05. The van der Waals surface area contributed by atoms with Crippen LogP contribution in [0.1, 0.15) is 5.69 Å². The number of anilines is 1. The number of aliphatic imine (C=N–C) groups is 1. The third-order valence-corrected chi connectivity index (χ3v) is 5.58. The summed E-state index contributed by atoms with van der Waals surface area (Å²) in [6.45, 7) is 0.0755. The molecule has 0 spiro atoms. The highest BCUT2D eigenvalue weighted by molar-refractivity contribution is 7.90. The zero-order valence-corrected chi connectivity index (χ0v) is 15.5. The molecule has 0 radical (unpaired) electrons. The fraction of sp³-hybridized carbons (Fsp3) is 0.0526. The largest absolute Gasteiger partial charge is 0.324 e. The first-order chi connectivity index (χ1) is 13.8. The third-order valence-electron chi connectivity index (χ3n) is 4.20. The van der Waals surface area contributed by atoms with Gasteiger partial charge in [0.15, 0.2) is 11.6 Å². The van der Waals surface area contributed by atoms with Crippen molar-refractivity contribution in [2.24, 2.45) is 4.99 Å². The second-order valence-corrected chi connectivity index (χ2v) is 7.80. The lowest BCUT2D eigenvalue weighted by atomic mass is 10.0. The highest BCUT2D eigenvalue weighted by Gasteiger charge is 2.30. The molecule has 4 rings (SSSR count). The van der Waals surface area contributed by atoms with Gasteiger partial charge in [0, 0.05) is 23.4 Å². The van der Waals surface area contributed by atoms with Crippen molar-refractivity contribution in [3.05, 3.63) is 77.9 Å². The summed E-state index contributed by atoms with van der Waals surface area (Å²) in [6, 6.07) is 10.4. The van der Waals surface area contributed by atoms with Crippen molar-refractivity contribution in [1.82, 2.24) is 9.71 Å². The van der Waals surface area contributed by atoms with Gasteiger partial charge in [0.2, 0.25) is 5.96 Å². The number of guanidine groups is 1. The molecule has 0 fully saturated rings. The Morgan fingerprint density at radius 2 is 1.83 bits per heavy atom. The lowest BCUT2D eigenvalue weighted by Crippen LogP contribution is -2.41. The third kappa shape index (κ3) is 3.66. The Kier molecular flexibility index (Phi) is 4.71. The SMILES string of the molecule is O=S1(=O)NC(=NCc2ccccn2)Nc2c(-c3cc(F)cc(F)c3F)cccc21. The van der Waals surface area contributed by atoms with E-state index in [9.17, 15) is 21.6 Å². The number of nitrogens with zero attached hydrogens (tertiary/aromatic N) is 2. The molecule has 0 amide bonds. The standard InChI is InChI=1S/C19H13F3N4O2S/c20-11-8-14(17(22)15(21)9-11)13-5-3-6-16-18(13)25-19(26-29(16,27)28)24-10-12-4-1-2-7-23-12/h1-9H,10H2,(H2,24,25,26). The quantitative estimate of drug-likeness (QED) is 0.639. The number of aromatic nitrogens is 1. The van der Waals surface area contributed by atoms with Gasteiger partial charge in [-0.3, -0.25) is 4.98 Å². The average Bonchev–Trinajstić information content (AvgIpc) is 2.69. The number of pyridine rings is 1. The first-order valence-electron chi connectivity index (χ1n) is 8.37. The number of hydrogen-bond donors (Lipinski definition) is 2. The Hall–Kier alpha value is -3.40. The predicted octanol–water partition coefficient (Wildman–Crippen LogP) is 3.43. The second kappa shape index (κ2) is 7.21. The normalized spacial score (nSPS) is 16.0. The molecule has 0 unspecified atom stereocenters. The number of hydrogen-bond acceptors (Lipinski definition) is 4. The van der Waals surface area contributed by atoms with Gasteiger partial charge in [0.1, 0.15) is 10.7 Å². The molecule has 0 aliphatic carbocycles. The van der Waals surface area contributed by atoms with Crippen molar-refractivity contribution in [2.75, 3.05) is 5.32 Å². The molecular weight excluding hydrogens is 405 g/mol. The van der Waals surface area contributed by atoms with Crippen molar-refractivity contribution in [3.8, 4) is 11.1 Å². The van der Waals surface area contributed by atoms with E-state index in [0.717, 1.165) is 6.07 Å². The number of sulfonamides is 1. The fourth-order valence-corrected chi connectivity index (χ4v) is 4.08. The van der Waals surface area contributed by atoms with E-state index in [1.807, 2.05) is 0 Å². The molecule has 1 aromatic heterocycles. The van der Waals surface area contributed by atoms with Gasteiger partial charge in [-0.1, -0.05) is 18.2 Å². The fourth-order valence-electron chi connectivity index (χ4n) is 2.91. The van der Waals surface area contributed by atoms with Gasteiger partial charge in [-0.25, -0.2) is 31.3 Å². The van der Waals surface area contributed by atoms with Crippen LogP contribution in [-0.4, -0.2) is 19.4 Å². The Balaban J connectivity index is 1.81. The van der Waals surface area contributed by atoms with E-state index in [2.05, 4.69) is 20.0 Å². The van der Waals surface area contributed by atoms with Crippen molar-refractivity contribution in [1.29, 1.82) is 0 Å². The first kappa shape index (κ1) is 18.9. The summed E-state index contributed by atoms with van der Waals surface area (Å²) in [5.41, 5.74) is 0.135. The number of fused-ring (bicyclic) bond motifs is 1. The average molecular weight is 418 g/mol. The van der Waals surface area contributed by atoms with Crippen LogP contribution in [0.3, 0.4) is 0 Å². The van der Waals surface area contributed by atoms with Crippen LogP contribution < -0.4 is 10.0 Å². The zero-order chi connectivity index (χ0) is 20.6. The number of para-hydroxylation sites is 1. The van der Waals surface area contributed by atoms with Crippen LogP contribution in [0.2, 0.25) is 0 Å². The highest BCUT2D eigenvalue weighted by Crippen LogP contribution is 2.37. The van der Waals surface area contributed by atoms with Crippen LogP contribution in [0, 0.1) is 17.5 Å². The molecule has 10 heteroatoms. The maximum Gasteiger partial charge on any atom is 0.266 e. The second-order valence-electron chi connectivity index (χ2n) is 6.14. The van der Waals surface area contributed by atoms with Crippen molar-refractivity contribution in [3.63, 3.8) is 0 Å². The summed E-state index contributed by atoms with van der Waals surface area (Å²) in [6.07, 6.45) is 1.57. The lowest BCUT2D eigenvalue weighted by Gasteiger charge is -2.24. The van der Waals surface area contributed by atoms with Crippen molar-refractivity contribution >= 4 is 21.7 Å². The molecule has 0 bridgehead atoms. The monoisotopic (exact) mass is 418 g/mol. The Labute approximate surface area is 164 Å². The van der Waals surface area contributed by atoms with E-state index in [1.165, 1.54) is 18.2 Å². The number of benzene rings is 2. The van der Waals surface area contributed by atoms with Crippen LogP contribution in [-0.2, 0) is 16.6 Å². The lowest BCUT2D eigenvalue weighted by molar-refractivity contribution is 0.497. The maximum atomic E-state index is 14.3. The van der Waals surface area contributed by atoms with E-state index in [-0.39, 0.29) is 28.7 Å². The molecule has 148 valence electrons. The Morgan fingerprint density at radius 1 is 1.00 bits per heavy atom. The van der Waals surface area contributed by atoms with Crippen molar-refractivity contribution in [2.45, 2.75) is 11.4 Å². The summed E-state index contributed by atoms with van der Waals surface area (Å²) in [7, 11) is -4.03. The molecule has 0 saturated heterocycles. The zero-order valence-electron chi connectivity index (χ0n) is 14.7. The molecule has 29 heavy (non-hydrogen) atoms. The van der Waals surface area contributed by atoms with Crippen LogP contribution in [0.15, 0.2) is 64.6 Å².